The molecule has 0 saturated heterocycles. The summed E-state index contributed by atoms with van der Waals surface area (Å²) in [6.07, 6.45) is 3.24. The molecular weight excluding hydrogens is 144 g/mol. The number of hydrogen-bond acceptors (Lipinski definition) is 3. The van der Waals surface area contributed by atoms with E-state index in [-0.39, 0.29) is 0 Å². The Hall–Kier alpha value is -0.200. The van der Waals surface area contributed by atoms with Crippen LogP contribution in [0.4, 0.5) is 0 Å². The highest BCUT2D eigenvalue weighted by molar-refractivity contribution is 7.98. The molecule has 10 heavy (non-hydrogen) atoms. The first kappa shape index (κ1) is 9.80. The minimum atomic E-state index is 0.468. The van der Waals surface area contributed by atoms with Gasteiger partial charge in [-0.3, -0.25) is 0 Å². The fourth-order valence-corrected chi connectivity index (χ4v) is 1.21. The average Bonchev–Trinajstić information content (AvgIpc) is 1.97. The van der Waals surface area contributed by atoms with E-state index in [4.69, 9.17) is 5.26 Å². The molecule has 58 valence electrons. The number of thioether (sulfide) groups is 1. The van der Waals surface area contributed by atoms with E-state index in [0.29, 0.717) is 12.6 Å². The number of hydrogen-bond donors (Lipinski definition) is 1. The van der Waals surface area contributed by atoms with Crippen molar-refractivity contribution in [3.05, 3.63) is 0 Å². The zero-order valence-electron chi connectivity index (χ0n) is 6.55. The van der Waals surface area contributed by atoms with Gasteiger partial charge in [0.15, 0.2) is 0 Å². The van der Waals surface area contributed by atoms with Crippen LogP contribution in [0.3, 0.4) is 0 Å². The zero-order chi connectivity index (χ0) is 7.82. The predicted octanol–water partition coefficient (Wildman–Crippen LogP) is 1.24. The SMILES string of the molecule is CSCCC(C)NCC#N. The molecule has 0 spiro atoms. The first-order chi connectivity index (χ1) is 4.81. The Labute approximate surface area is 67.0 Å². The van der Waals surface area contributed by atoms with Crippen molar-refractivity contribution in [1.29, 1.82) is 5.26 Å². The van der Waals surface area contributed by atoms with Crippen molar-refractivity contribution in [1.82, 2.24) is 5.32 Å². The zero-order valence-corrected chi connectivity index (χ0v) is 7.37. The van der Waals surface area contributed by atoms with E-state index in [0.717, 1.165) is 6.42 Å². The molecule has 2 nitrogen and oxygen atoms in total. The normalized spacial score (nSPS) is 12.5. The van der Waals surface area contributed by atoms with Crippen LogP contribution < -0.4 is 5.32 Å². The van der Waals surface area contributed by atoms with Crippen molar-refractivity contribution in [2.45, 2.75) is 19.4 Å². The molecule has 0 aromatic carbocycles. The number of nitriles is 1. The molecule has 0 aliphatic rings. The minimum Gasteiger partial charge on any atom is -0.302 e. The summed E-state index contributed by atoms with van der Waals surface area (Å²) >= 11 is 1.84. The van der Waals surface area contributed by atoms with Gasteiger partial charge in [-0.25, -0.2) is 0 Å². The lowest BCUT2D eigenvalue weighted by atomic mass is 10.3. The molecule has 0 aromatic rings. The summed E-state index contributed by atoms with van der Waals surface area (Å²) in [7, 11) is 0. The van der Waals surface area contributed by atoms with E-state index < -0.39 is 0 Å². The standard InChI is InChI=1S/C7H14N2S/c1-7(3-6-10-2)9-5-4-8/h7,9H,3,5-6H2,1-2H3. The molecule has 3 heteroatoms. The topological polar surface area (TPSA) is 35.8 Å². The predicted molar refractivity (Wildman–Crippen MR) is 46.1 cm³/mol. The summed E-state index contributed by atoms with van der Waals surface area (Å²) in [6, 6.07) is 2.54. The van der Waals surface area contributed by atoms with Crippen LogP contribution in [0.15, 0.2) is 0 Å². The molecule has 0 aliphatic carbocycles. The van der Waals surface area contributed by atoms with Gasteiger partial charge in [-0.1, -0.05) is 0 Å². The highest BCUT2D eigenvalue weighted by atomic mass is 32.2. The van der Waals surface area contributed by atoms with Crippen LogP contribution in [0.1, 0.15) is 13.3 Å². The Morgan fingerprint density at radius 2 is 2.40 bits per heavy atom. The summed E-state index contributed by atoms with van der Waals surface area (Å²) in [4.78, 5) is 0. The summed E-state index contributed by atoms with van der Waals surface area (Å²) in [5, 5.41) is 11.3. The van der Waals surface area contributed by atoms with Gasteiger partial charge in [0, 0.05) is 6.04 Å². The largest absolute Gasteiger partial charge is 0.302 e. The van der Waals surface area contributed by atoms with Crippen molar-refractivity contribution in [2.75, 3.05) is 18.6 Å². The minimum absolute atomic E-state index is 0.468. The van der Waals surface area contributed by atoms with Gasteiger partial charge in [-0.15, -0.1) is 0 Å². The highest BCUT2D eigenvalue weighted by Crippen LogP contribution is 1.98. The van der Waals surface area contributed by atoms with Gasteiger partial charge in [0.1, 0.15) is 0 Å². The third-order valence-electron chi connectivity index (χ3n) is 1.28. The Morgan fingerprint density at radius 3 is 2.90 bits per heavy atom. The molecule has 0 radical (unpaired) electrons. The van der Waals surface area contributed by atoms with Gasteiger partial charge in [0.05, 0.1) is 12.6 Å². The molecule has 0 saturated carbocycles. The molecule has 0 heterocycles. The molecular formula is C7H14N2S. The van der Waals surface area contributed by atoms with Crippen molar-refractivity contribution < 1.29 is 0 Å². The second-order valence-electron chi connectivity index (χ2n) is 2.22. The second-order valence-corrected chi connectivity index (χ2v) is 3.21. The van der Waals surface area contributed by atoms with Crippen molar-refractivity contribution >= 4 is 11.8 Å². The van der Waals surface area contributed by atoms with Crippen molar-refractivity contribution in [2.24, 2.45) is 0 Å². The fraction of sp³-hybridized carbons (Fsp3) is 0.857. The maximum Gasteiger partial charge on any atom is 0.0842 e. The first-order valence-electron chi connectivity index (χ1n) is 3.40. The Balaban J connectivity index is 3.10. The Morgan fingerprint density at radius 1 is 1.70 bits per heavy atom. The van der Waals surface area contributed by atoms with Crippen molar-refractivity contribution in [3.8, 4) is 6.07 Å². The molecule has 0 aliphatic heterocycles. The maximum atomic E-state index is 8.22. The molecule has 1 unspecified atom stereocenters. The molecule has 0 rings (SSSR count). The van der Waals surface area contributed by atoms with Crippen molar-refractivity contribution in [3.63, 3.8) is 0 Å². The lowest BCUT2D eigenvalue weighted by Gasteiger charge is -2.08. The summed E-state index contributed by atoms with van der Waals surface area (Å²) in [6.45, 7) is 2.57. The smallest absolute Gasteiger partial charge is 0.0842 e. The van der Waals surface area contributed by atoms with Crippen LogP contribution >= 0.6 is 11.8 Å². The van der Waals surface area contributed by atoms with Gasteiger partial charge >= 0.3 is 0 Å². The second kappa shape index (κ2) is 6.91. The molecule has 0 aromatic heterocycles. The Bertz CT molecular complexity index is 109. The quantitative estimate of drug-likeness (QED) is 0.611. The summed E-state index contributed by atoms with van der Waals surface area (Å²) in [5.41, 5.74) is 0. The molecule has 1 atom stereocenters. The van der Waals surface area contributed by atoms with Crippen LogP contribution in [0.25, 0.3) is 0 Å². The summed E-state index contributed by atoms with van der Waals surface area (Å²) in [5.74, 6) is 1.17. The van der Waals surface area contributed by atoms with Gasteiger partial charge in [-0.05, 0) is 25.4 Å². The van der Waals surface area contributed by atoms with E-state index in [1.807, 2.05) is 11.8 Å². The third-order valence-corrected chi connectivity index (χ3v) is 1.93. The summed E-state index contributed by atoms with van der Waals surface area (Å²) < 4.78 is 0. The number of nitrogens with one attached hydrogen (secondary N) is 1. The monoisotopic (exact) mass is 158 g/mol. The Kier molecular flexibility index (Phi) is 6.78. The van der Waals surface area contributed by atoms with Gasteiger partial charge < -0.3 is 5.32 Å². The van der Waals surface area contributed by atoms with Gasteiger partial charge in [0.25, 0.3) is 0 Å². The van der Waals surface area contributed by atoms with E-state index >= 15 is 0 Å². The lowest BCUT2D eigenvalue weighted by Crippen LogP contribution is -2.26. The number of nitrogens with zero attached hydrogens (tertiary/aromatic N) is 1. The highest BCUT2D eigenvalue weighted by Gasteiger charge is 1.97. The lowest BCUT2D eigenvalue weighted by molar-refractivity contribution is 0.574. The molecule has 0 bridgehead atoms. The van der Waals surface area contributed by atoms with Crippen LogP contribution in [0.2, 0.25) is 0 Å². The molecule has 1 N–H and O–H groups in total. The van der Waals surface area contributed by atoms with Gasteiger partial charge in [-0.2, -0.15) is 17.0 Å². The van der Waals surface area contributed by atoms with Crippen LogP contribution in [-0.2, 0) is 0 Å². The van der Waals surface area contributed by atoms with E-state index in [1.54, 1.807) is 0 Å². The van der Waals surface area contributed by atoms with Crippen LogP contribution in [-0.4, -0.2) is 24.6 Å². The average molecular weight is 158 g/mol. The van der Waals surface area contributed by atoms with E-state index in [1.165, 1.54) is 5.75 Å². The fourth-order valence-electron chi connectivity index (χ4n) is 0.617. The molecule has 0 fully saturated rings. The first-order valence-corrected chi connectivity index (χ1v) is 4.80. The maximum absolute atomic E-state index is 8.22. The van der Waals surface area contributed by atoms with Crippen LogP contribution in [0, 0.1) is 11.3 Å². The van der Waals surface area contributed by atoms with Gasteiger partial charge in [0.2, 0.25) is 0 Å². The van der Waals surface area contributed by atoms with E-state index in [9.17, 15) is 0 Å². The number of rotatable bonds is 5. The third kappa shape index (κ3) is 5.93. The molecule has 0 amide bonds. The van der Waals surface area contributed by atoms with E-state index in [2.05, 4.69) is 24.6 Å². The van der Waals surface area contributed by atoms with Crippen LogP contribution in [0.5, 0.6) is 0 Å².